The summed E-state index contributed by atoms with van der Waals surface area (Å²) in [6, 6.07) is 1.05. The number of rotatable bonds is 6. The molecule has 160 valence electrons. The van der Waals surface area contributed by atoms with Gasteiger partial charge in [-0.2, -0.15) is 14.6 Å². The van der Waals surface area contributed by atoms with Gasteiger partial charge in [0.1, 0.15) is 5.69 Å². The Bertz CT molecular complexity index is 995. The average Bonchev–Trinajstić information content (AvgIpc) is 3.32. The molecule has 3 N–H and O–H groups in total. The summed E-state index contributed by atoms with van der Waals surface area (Å²) in [7, 11) is 0. The number of aromatic nitrogens is 6. The summed E-state index contributed by atoms with van der Waals surface area (Å²) in [5.74, 6) is 1.71. The molecule has 2 fully saturated rings. The third-order valence-electron chi connectivity index (χ3n) is 5.98. The van der Waals surface area contributed by atoms with Gasteiger partial charge in [-0.1, -0.05) is 6.92 Å². The maximum absolute atomic E-state index is 6.08. The first kappa shape index (κ1) is 19.3. The maximum Gasteiger partial charge on any atom is 0.244 e. The first-order valence-electron chi connectivity index (χ1n) is 10.7. The van der Waals surface area contributed by atoms with Gasteiger partial charge in [0.25, 0.3) is 0 Å². The maximum atomic E-state index is 6.08. The molecular formula is C20H29N9O. The zero-order chi connectivity index (χ0) is 20.7. The van der Waals surface area contributed by atoms with Crippen LogP contribution in [0.1, 0.15) is 27.2 Å². The molecule has 3 aromatic heterocycles. The van der Waals surface area contributed by atoms with Gasteiger partial charge in [0.05, 0.1) is 18.5 Å². The van der Waals surface area contributed by atoms with Gasteiger partial charge >= 0.3 is 0 Å². The second kappa shape index (κ2) is 7.84. The fraction of sp³-hybridized carbons (Fsp3) is 0.600. The minimum absolute atomic E-state index is 0.0194. The molecule has 0 radical (unpaired) electrons. The molecule has 10 heteroatoms. The van der Waals surface area contributed by atoms with Gasteiger partial charge in [0, 0.05) is 50.0 Å². The number of hydrogen-bond donors (Lipinski definition) is 3. The van der Waals surface area contributed by atoms with Gasteiger partial charge < -0.3 is 15.4 Å². The Balaban J connectivity index is 1.39. The standard InChI is InChI=1S/C20H29N9O/c1-12(2)30-19-18(14-6-23-24-7-14)22-10-17-26-20(27-29(17)19)25-16-4-5-28(11-13(16)3)15-8-21-9-15/h6-7,10,12-13,15-16,21H,4-5,8-9,11H2,1-3H3,(H,23,24)(H,25,27)/t13-,16+/m1/s1. The molecule has 2 aliphatic heterocycles. The van der Waals surface area contributed by atoms with Crippen LogP contribution in [0.15, 0.2) is 18.6 Å². The van der Waals surface area contributed by atoms with Crippen LogP contribution in [-0.4, -0.2) is 79.0 Å². The summed E-state index contributed by atoms with van der Waals surface area (Å²) in [6.07, 6.45) is 6.31. The molecule has 0 aromatic carbocycles. The molecule has 0 amide bonds. The van der Waals surface area contributed by atoms with Crippen LogP contribution in [0.5, 0.6) is 5.88 Å². The van der Waals surface area contributed by atoms with Crippen LogP contribution in [-0.2, 0) is 0 Å². The number of ether oxygens (including phenoxy) is 1. The van der Waals surface area contributed by atoms with E-state index in [4.69, 9.17) is 9.84 Å². The van der Waals surface area contributed by atoms with Gasteiger partial charge in [0.15, 0.2) is 5.65 Å². The molecule has 5 heterocycles. The Morgan fingerprint density at radius 1 is 1.27 bits per heavy atom. The fourth-order valence-electron chi connectivity index (χ4n) is 4.22. The van der Waals surface area contributed by atoms with Crippen LogP contribution in [0.3, 0.4) is 0 Å². The van der Waals surface area contributed by atoms with Crippen molar-refractivity contribution in [3.63, 3.8) is 0 Å². The monoisotopic (exact) mass is 411 g/mol. The normalized spacial score (nSPS) is 23.1. The van der Waals surface area contributed by atoms with Crippen molar-refractivity contribution in [2.24, 2.45) is 5.92 Å². The highest BCUT2D eigenvalue weighted by Gasteiger charge is 2.33. The molecule has 0 aliphatic carbocycles. The highest BCUT2D eigenvalue weighted by atomic mass is 16.5. The predicted octanol–water partition coefficient (Wildman–Crippen LogP) is 1.40. The summed E-state index contributed by atoms with van der Waals surface area (Å²) in [6.45, 7) is 10.7. The Labute approximate surface area is 175 Å². The van der Waals surface area contributed by atoms with Crippen molar-refractivity contribution in [2.75, 3.05) is 31.5 Å². The fourth-order valence-corrected chi connectivity index (χ4v) is 4.22. The van der Waals surface area contributed by atoms with Crippen LogP contribution in [0, 0.1) is 5.92 Å². The van der Waals surface area contributed by atoms with Gasteiger partial charge in [-0.05, 0) is 26.2 Å². The topological polar surface area (TPSA) is 108 Å². The molecule has 30 heavy (non-hydrogen) atoms. The second-order valence-electron chi connectivity index (χ2n) is 8.59. The first-order chi connectivity index (χ1) is 14.6. The Morgan fingerprint density at radius 3 is 2.80 bits per heavy atom. The van der Waals surface area contributed by atoms with Gasteiger partial charge in [-0.3, -0.25) is 10.00 Å². The van der Waals surface area contributed by atoms with E-state index in [1.807, 2.05) is 13.8 Å². The summed E-state index contributed by atoms with van der Waals surface area (Å²) in [5, 5.41) is 18.5. The molecule has 0 bridgehead atoms. The van der Waals surface area contributed by atoms with Crippen molar-refractivity contribution in [3.05, 3.63) is 18.6 Å². The zero-order valence-electron chi connectivity index (χ0n) is 17.7. The van der Waals surface area contributed by atoms with Gasteiger partial charge in [0.2, 0.25) is 11.8 Å². The number of hydrogen-bond acceptors (Lipinski definition) is 8. The Hall–Kier alpha value is -2.72. The minimum atomic E-state index is -0.0194. The second-order valence-corrected chi connectivity index (χ2v) is 8.59. The summed E-state index contributed by atoms with van der Waals surface area (Å²) in [5.41, 5.74) is 2.20. The van der Waals surface area contributed by atoms with Crippen molar-refractivity contribution in [1.29, 1.82) is 0 Å². The number of nitrogens with one attached hydrogen (secondary N) is 3. The first-order valence-corrected chi connectivity index (χ1v) is 10.7. The lowest BCUT2D eigenvalue weighted by atomic mass is 9.92. The van der Waals surface area contributed by atoms with E-state index in [0.29, 0.717) is 41.2 Å². The molecule has 2 saturated heterocycles. The predicted molar refractivity (Wildman–Crippen MR) is 114 cm³/mol. The molecule has 0 spiro atoms. The number of piperidine rings is 1. The highest BCUT2D eigenvalue weighted by Crippen LogP contribution is 2.29. The highest BCUT2D eigenvalue weighted by molar-refractivity contribution is 5.65. The number of anilines is 1. The summed E-state index contributed by atoms with van der Waals surface area (Å²) < 4.78 is 7.82. The molecule has 0 saturated carbocycles. The molecule has 5 rings (SSSR count). The minimum Gasteiger partial charge on any atom is -0.473 e. The number of H-pyrrole nitrogens is 1. The molecule has 3 aromatic rings. The van der Waals surface area contributed by atoms with Gasteiger partial charge in [-0.15, -0.1) is 5.10 Å². The molecular weight excluding hydrogens is 382 g/mol. The molecule has 0 unspecified atom stereocenters. The van der Waals surface area contributed by atoms with Crippen LogP contribution in [0.4, 0.5) is 5.95 Å². The van der Waals surface area contributed by atoms with Crippen LogP contribution in [0.2, 0.25) is 0 Å². The van der Waals surface area contributed by atoms with Gasteiger partial charge in [-0.25, -0.2) is 4.98 Å². The van der Waals surface area contributed by atoms with E-state index in [9.17, 15) is 0 Å². The average molecular weight is 412 g/mol. The van der Waals surface area contributed by atoms with Crippen molar-refractivity contribution in [3.8, 4) is 17.1 Å². The quantitative estimate of drug-likeness (QED) is 0.559. The summed E-state index contributed by atoms with van der Waals surface area (Å²) >= 11 is 0. The summed E-state index contributed by atoms with van der Waals surface area (Å²) in [4.78, 5) is 11.8. The van der Waals surface area contributed by atoms with Crippen LogP contribution < -0.4 is 15.4 Å². The van der Waals surface area contributed by atoms with Crippen molar-refractivity contribution in [2.45, 2.75) is 45.4 Å². The van der Waals surface area contributed by atoms with Crippen LogP contribution >= 0.6 is 0 Å². The SMILES string of the molecule is CC(C)Oc1c(-c2cn[nH]c2)ncc2nc(N[C@H]3CCN(C4CNC4)C[C@H]3C)nn12. The van der Waals surface area contributed by atoms with E-state index in [2.05, 4.69) is 42.6 Å². The van der Waals surface area contributed by atoms with Crippen molar-refractivity contribution in [1.82, 2.24) is 40.0 Å². The third-order valence-corrected chi connectivity index (χ3v) is 5.98. The van der Waals surface area contributed by atoms with E-state index < -0.39 is 0 Å². The largest absolute Gasteiger partial charge is 0.473 e. The van der Waals surface area contributed by atoms with Crippen molar-refractivity contribution >= 4 is 11.6 Å². The molecule has 2 aliphatic rings. The smallest absolute Gasteiger partial charge is 0.244 e. The molecule has 10 nitrogen and oxygen atoms in total. The Morgan fingerprint density at radius 2 is 2.13 bits per heavy atom. The van der Waals surface area contributed by atoms with E-state index in [1.54, 1.807) is 23.1 Å². The Kier molecular flexibility index (Phi) is 5.03. The van der Waals surface area contributed by atoms with Crippen molar-refractivity contribution < 1.29 is 4.74 Å². The van der Waals surface area contributed by atoms with E-state index in [1.165, 1.54) is 0 Å². The number of fused-ring (bicyclic) bond motifs is 1. The lowest BCUT2D eigenvalue weighted by molar-refractivity contribution is 0.0895. The number of aromatic amines is 1. The third kappa shape index (κ3) is 3.61. The van der Waals surface area contributed by atoms with E-state index in [-0.39, 0.29) is 6.10 Å². The number of nitrogens with zero attached hydrogens (tertiary/aromatic N) is 6. The molecule has 2 atom stereocenters. The van der Waals surface area contributed by atoms with E-state index >= 15 is 0 Å². The number of likely N-dealkylation sites (tertiary alicyclic amines) is 1. The van der Waals surface area contributed by atoms with Crippen LogP contribution in [0.25, 0.3) is 16.9 Å². The zero-order valence-corrected chi connectivity index (χ0v) is 17.7. The van der Waals surface area contributed by atoms with E-state index in [0.717, 1.165) is 38.2 Å². The lowest BCUT2D eigenvalue weighted by Crippen LogP contribution is -2.61. The lowest BCUT2D eigenvalue weighted by Gasteiger charge is -2.44.